The zero-order valence-electron chi connectivity index (χ0n) is 11.6. The molecule has 3 heteroatoms. The van der Waals surface area contributed by atoms with Gasteiger partial charge in [0.1, 0.15) is 0 Å². The van der Waals surface area contributed by atoms with E-state index in [1.807, 2.05) is 25.1 Å². The van der Waals surface area contributed by atoms with Crippen LogP contribution in [0.3, 0.4) is 0 Å². The van der Waals surface area contributed by atoms with Gasteiger partial charge in [0.2, 0.25) is 0 Å². The second-order valence-corrected chi connectivity index (χ2v) is 6.45. The molecule has 100 valence electrons. The van der Waals surface area contributed by atoms with Gasteiger partial charge < -0.3 is 5.73 Å². The average molecular weight is 273 g/mol. The third-order valence-corrected chi connectivity index (χ3v) is 4.45. The molecule has 0 heterocycles. The van der Waals surface area contributed by atoms with Crippen LogP contribution in [0, 0.1) is 20.8 Å². The highest BCUT2D eigenvalue weighted by molar-refractivity contribution is 7.84. The van der Waals surface area contributed by atoms with Crippen molar-refractivity contribution < 1.29 is 4.21 Å². The summed E-state index contributed by atoms with van der Waals surface area (Å²) in [5.74, 6) is 0.510. The number of rotatable bonds is 3. The first-order valence-electron chi connectivity index (χ1n) is 6.27. The molecule has 2 N–H and O–H groups in total. The van der Waals surface area contributed by atoms with E-state index in [-0.39, 0.29) is 0 Å². The van der Waals surface area contributed by atoms with Crippen LogP contribution in [0.4, 0.5) is 5.69 Å². The predicted octanol–water partition coefficient (Wildman–Crippen LogP) is 3.50. The molecule has 2 aromatic carbocycles. The van der Waals surface area contributed by atoms with Gasteiger partial charge in [0.15, 0.2) is 0 Å². The van der Waals surface area contributed by atoms with Gasteiger partial charge in [-0.25, -0.2) is 0 Å². The third kappa shape index (κ3) is 3.44. The van der Waals surface area contributed by atoms with Crippen molar-refractivity contribution in [1.29, 1.82) is 0 Å². The highest BCUT2D eigenvalue weighted by Crippen LogP contribution is 2.21. The van der Waals surface area contributed by atoms with Gasteiger partial charge in [-0.2, -0.15) is 0 Å². The molecule has 0 spiro atoms. The van der Waals surface area contributed by atoms with Crippen molar-refractivity contribution in [1.82, 2.24) is 0 Å². The lowest BCUT2D eigenvalue weighted by Crippen LogP contribution is -2.01. The Hall–Kier alpha value is -1.61. The Balaban J connectivity index is 2.25. The molecule has 0 radical (unpaired) electrons. The molecule has 0 saturated heterocycles. The Bertz CT molecular complexity index is 614. The fourth-order valence-corrected chi connectivity index (χ4v) is 3.42. The molecule has 1 atom stereocenters. The molecular weight excluding hydrogens is 254 g/mol. The normalized spacial score (nSPS) is 12.4. The maximum atomic E-state index is 12.4. The number of aryl methyl sites for hydroxylation is 3. The number of nitrogen functional groups attached to an aromatic ring is 1. The average Bonchev–Trinajstić information content (AvgIpc) is 2.26. The highest BCUT2D eigenvalue weighted by Gasteiger charge is 2.09. The van der Waals surface area contributed by atoms with Crippen LogP contribution < -0.4 is 5.73 Å². The summed E-state index contributed by atoms with van der Waals surface area (Å²) >= 11 is 0. The van der Waals surface area contributed by atoms with E-state index in [0.717, 1.165) is 16.0 Å². The van der Waals surface area contributed by atoms with E-state index >= 15 is 0 Å². The minimum absolute atomic E-state index is 0.510. The summed E-state index contributed by atoms with van der Waals surface area (Å²) in [6, 6.07) is 12.0. The second kappa shape index (κ2) is 5.57. The van der Waals surface area contributed by atoms with E-state index in [4.69, 9.17) is 5.73 Å². The molecule has 19 heavy (non-hydrogen) atoms. The molecule has 0 aliphatic carbocycles. The molecule has 1 unspecified atom stereocenters. The van der Waals surface area contributed by atoms with Crippen molar-refractivity contribution in [2.75, 3.05) is 5.73 Å². The van der Waals surface area contributed by atoms with Gasteiger partial charge >= 0.3 is 0 Å². The van der Waals surface area contributed by atoms with E-state index in [9.17, 15) is 4.21 Å². The van der Waals surface area contributed by atoms with Crippen LogP contribution >= 0.6 is 0 Å². The monoisotopic (exact) mass is 273 g/mol. The SMILES string of the molecule is Cc1cc(C)cc(CS(=O)c2ccc(C)cc2N)c1. The van der Waals surface area contributed by atoms with Crippen LogP contribution in [0.15, 0.2) is 41.3 Å². The molecule has 0 saturated carbocycles. The van der Waals surface area contributed by atoms with E-state index in [0.29, 0.717) is 11.4 Å². The van der Waals surface area contributed by atoms with Crippen LogP contribution in [-0.2, 0) is 16.6 Å². The maximum Gasteiger partial charge on any atom is 0.0621 e. The van der Waals surface area contributed by atoms with Crippen LogP contribution in [0.25, 0.3) is 0 Å². The lowest BCUT2D eigenvalue weighted by Gasteiger charge is -2.08. The molecular formula is C16H19NOS. The number of anilines is 1. The number of hydrogen-bond acceptors (Lipinski definition) is 2. The first-order chi connectivity index (χ1) is 8.95. The van der Waals surface area contributed by atoms with E-state index < -0.39 is 10.8 Å². The van der Waals surface area contributed by atoms with Crippen molar-refractivity contribution in [2.24, 2.45) is 0 Å². The van der Waals surface area contributed by atoms with Gasteiger partial charge in [0, 0.05) is 5.69 Å². The fraction of sp³-hybridized carbons (Fsp3) is 0.250. The number of benzene rings is 2. The Kier molecular flexibility index (Phi) is 4.05. The summed E-state index contributed by atoms with van der Waals surface area (Å²) in [5.41, 5.74) is 11.1. The van der Waals surface area contributed by atoms with E-state index in [1.54, 1.807) is 0 Å². The Labute approximate surface area is 117 Å². The summed E-state index contributed by atoms with van der Waals surface area (Å²) < 4.78 is 12.4. The van der Waals surface area contributed by atoms with Gasteiger partial charge in [0.25, 0.3) is 0 Å². The topological polar surface area (TPSA) is 43.1 Å². The van der Waals surface area contributed by atoms with Crippen molar-refractivity contribution in [3.63, 3.8) is 0 Å². The van der Waals surface area contributed by atoms with E-state index in [2.05, 4.69) is 32.0 Å². The Morgan fingerprint density at radius 2 is 1.58 bits per heavy atom. The molecule has 2 nitrogen and oxygen atoms in total. The van der Waals surface area contributed by atoms with Gasteiger partial charge in [-0.15, -0.1) is 0 Å². The molecule has 0 fully saturated rings. The zero-order valence-corrected chi connectivity index (χ0v) is 12.4. The fourth-order valence-electron chi connectivity index (χ4n) is 2.26. The zero-order chi connectivity index (χ0) is 14.0. The first kappa shape index (κ1) is 13.8. The van der Waals surface area contributed by atoms with Crippen molar-refractivity contribution in [2.45, 2.75) is 31.4 Å². The lowest BCUT2D eigenvalue weighted by atomic mass is 10.1. The molecule has 2 aromatic rings. The van der Waals surface area contributed by atoms with Crippen molar-refractivity contribution in [3.8, 4) is 0 Å². The predicted molar refractivity (Wildman–Crippen MR) is 81.6 cm³/mol. The third-order valence-electron chi connectivity index (χ3n) is 2.99. The minimum atomic E-state index is -1.10. The summed E-state index contributed by atoms with van der Waals surface area (Å²) in [6.07, 6.45) is 0. The molecule has 2 rings (SSSR count). The van der Waals surface area contributed by atoms with Gasteiger partial charge in [-0.05, 0) is 44.0 Å². The van der Waals surface area contributed by atoms with Gasteiger partial charge in [0.05, 0.1) is 21.4 Å². The van der Waals surface area contributed by atoms with Crippen LogP contribution in [0.2, 0.25) is 0 Å². The maximum absolute atomic E-state index is 12.4. The van der Waals surface area contributed by atoms with Gasteiger partial charge in [-0.3, -0.25) is 4.21 Å². The molecule has 0 aliphatic heterocycles. The van der Waals surface area contributed by atoms with Crippen LogP contribution in [-0.4, -0.2) is 4.21 Å². The lowest BCUT2D eigenvalue weighted by molar-refractivity contribution is 0.683. The van der Waals surface area contributed by atoms with Crippen LogP contribution in [0.5, 0.6) is 0 Å². The standard InChI is InChI=1S/C16H19NOS/c1-11-4-5-16(15(17)9-11)19(18)10-14-7-12(2)6-13(3)8-14/h4-9H,10,17H2,1-3H3. The molecule has 0 amide bonds. The summed E-state index contributed by atoms with van der Waals surface area (Å²) in [6.45, 7) is 6.09. The van der Waals surface area contributed by atoms with Crippen molar-refractivity contribution >= 4 is 16.5 Å². The first-order valence-corrected chi connectivity index (χ1v) is 7.59. The minimum Gasteiger partial charge on any atom is -0.398 e. The quantitative estimate of drug-likeness (QED) is 0.870. The summed E-state index contributed by atoms with van der Waals surface area (Å²) in [7, 11) is -1.10. The van der Waals surface area contributed by atoms with Crippen LogP contribution in [0.1, 0.15) is 22.3 Å². The Morgan fingerprint density at radius 3 is 2.16 bits per heavy atom. The number of nitrogens with two attached hydrogens (primary N) is 1. The second-order valence-electron chi connectivity index (χ2n) is 5.03. The summed E-state index contributed by atoms with van der Waals surface area (Å²) in [5, 5.41) is 0. The number of hydrogen-bond donors (Lipinski definition) is 1. The molecule has 0 aliphatic rings. The summed E-state index contributed by atoms with van der Waals surface area (Å²) in [4.78, 5) is 0.727. The largest absolute Gasteiger partial charge is 0.398 e. The smallest absolute Gasteiger partial charge is 0.0621 e. The molecule has 0 aromatic heterocycles. The Morgan fingerprint density at radius 1 is 0.947 bits per heavy atom. The van der Waals surface area contributed by atoms with E-state index in [1.165, 1.54) is 11.1 Å². The highest BCUT2D eigenvalue weighted by atomic mass is 32.2. The van der Waals surface area contributed by atoms with Gasteiger partial charge in [-0.1, -0.05) is 35.4 Å². The van der Waals surface area contributed by atoms with Crippen molar-refractivity contribution in [3.05, 3.63) is 58.7 Å². The molecule has 0 bridgehead atoms.